The molecule has 0 bridgehead atoms. The van der Waals surface area contributed by atoms with Gasteiger partial charge in [0.05, 0.1) is 6.61 Å². The van der Waals surface area contributed by atoms with Crippen LogP contribution in [0.1, 0.15) is 34.6 Å². The molecular formula is C12H28O3Si3. The van der Waals surface area contributed by atoms with Crippen molar-refractivity contribution < 1.29 is 13.3 Å². The van der Waals surface area contributed by atoms with Gasteiger partial charge < -0.3 is 13.3 Å². The Morgan fingerprint density at radius 2 is 1.50 bits per heavy atom. The topological polar surface area (TPSA) is 27.7 Å². The highest BCUT2D eigenvalue weighted by molar-refractivity contribution is 6.35. The standard InChI is InChI=1S/C12H28O3Si3/c1-6-16-13-7-12(14-17-8-10(2)3)15-18-9-11(4)5/h8-9,12H,6-7,16-18H2,1-5H3. The molecule has 0 aromatic rings. The third kappa shape index (κ3) is 12.5. The van der Waals surface area contributed by atoms with E-state index in [1.165, 1.54) is 17.2 Å². The molecule has 0 radical (unpaired) electrons. The van der Waals surface area contributed by atoms with Crippen molar-refractivity contribution in [3.63, 3.8) is 0 Å². The van der Waals surface area contributed by atoms with Crippen LogP contribution in [0.25, 0.3) is 0 Å². The highest BCUT2D eigenvalue weighted by Gasteiger charge is 2.07. The maximum atomic E-state index is 5.82. The van der Waals surface area contributed by atoms with Gasteiger partial charge in [-0.15, -0.1) is 0 Å². The minimum atomic E-state index is -0.615. The van der Waals surface area contributed by atoms with Gasteiger partial charge in [-0.1, -0.05) is 29.5 Å². The van der Waals surface area contributed by atoms with Gasteiger partial charge in [-0.2, -0.15) is 0 Å². The van der Waals surface area contributed by atoms with Gasteiger partial charge in [-0.3, -0.25) is 0 Å². The summed E-state index contributed by atoms with van der Waals surface area (Å²) < 4.78 is 17.3. The molecule has 0 saturated carbocycles. The second-order valence-electron chi connectivity index (χ2n) is 4.73. The smallest absolute Gasteiger partial charge is 0.188 e. The first-order valence-corrected chi connectivity index (χ1v) is 11.0. The van der Waals surface area contributed by atoms with E-state index in [4.69, 9.17) is 13.3 Å². The minimum absolute atomic E-state index is 0.131. The van der Waals surface area contributed by atoms with E-state index in [1.807, 2.05) is 0 Å². The molecule has 0 atom stereocenters. The van der Waals surface area contributed by atoms with Crippen LogP contribution in [0.15, 0.2) is 22.5 Å². The Hall–Kier alpha value is 0.0106. The summed E-state index contributed by atoms with van der Waals surface area (Å²) in [6, 6.07) is 1.17. The average molecular weight is 305 g/mol. The van der Waals surface area contributed by atoms with E-state index in [9.17, 15) is 0 Å². The lowest BCUT2D eigenvalue weighted by molar-refractivity contribution is -0.0217. The molecule has 0 aromatic carbocycles. The molecule has 0 saturated heterocycles. The van der Waals surface area contributed by atoms with Crippen LogP contribution in [0.2, 0.25) is 6.04 Å². The van der Waals surface area contributed by atoms with Crippen LogP contribution >= 0.6 is 0 Å². The number of hydrogen-bond acceptors (Lipinski definition) is 3. The molecule has 18 heavy (non-hydrogen) atoms. The molecule has 0 heterocycles. The van der Waals surface area contributed by atoms with Crippen LogP contribution < -0.4 is 0 Å². The summed E-state index contributed by atoms with van der Waals surface area (Å²) in [6.07, 6.45) is -0.131. The van der Waals surface area contributed by atoms with Gasteiger partial charge in [0.1, 0.15) is 0 Å². The lowest BCUT2D eigenvalue weighted by atomic mass is 10.4. The van der Waals surface area contributed by atoms with E-state index in [-0.39, 0.29) is 16.1 Å². The molecule has 0 spiro atoms. The Kier molecular flexibility index (Phi) is 12.1. The van der Waals surface area contributed by atoms with Crippen molar-refractivity contribution >= 4 is 29.3 Å². The van der Waals surface area contributed by atoms with Crippen molar-refractivity contribution in [2.45, 2.75) is 47.0 Å². The summed E-state index contributed by atoms with van der Waals surface area (Å²) >= 11 is 0. The Balaban J connectivity index is 3.98. The zero-order valence-electron chi connectivity index (χ0n) is 12.5. The van der Waals surface area contributed by atoms with Crippen molar-refractivity contribution in [1.29, 1.82) is 0 Å². The fraction of sp³-hybridized carbons (Fsp3) is 0.667. The molecule has 0 aromatic heterocycles. The normalized spacial score (nSPS) is 14.1. The fourth-order valence-electron chi connectivity index (χ4n) is 1.11. The van der Waals surface area contributed by atoms with Gasteiger partial charge in [0.15, 0.2) is 35.6 Å². The molecule has 6 heteroatoms. The van der Waals surface area contributed by atoms with Crippen molar-refractivity contribution in [3.8, 4) is 0 Å². The maximum Gasteiger partial charge on any atom is 0.188 e. The summed E-state index contributed by atoms with van der Waals surface area (Å²) in [7, 11) is -1.59. The molecule has 0 rings (SSSR count). The lowest BCUT2D eigenvalue weighted by Gasteiger charge is -2.18. The van der Waals surface area contributed by atoms with Gasteiger partial charge >= 0.3 is 0 Å². The zero-order chi connectivity index (χ0) is 13.8. The van der Waals surface area contributed by atoms with Crippen LogP contribution in [-0.4, -0.2) is 42.2 Å². The first-order valence-electron chi connectivity index (χ1n) is 6.64. The third-order valence-electron chi connectivity index (χ3n) is 2.15. The molecule has 3 nitrogen and oxygen atoms in total. The molecule has 106 valence electrons. The molecule has 0 fully saturated rings. The van der Waals surface area contributed by atoms with Gasteiger partial charge in [-0.05, 0) is 33.7 Å². The van der Waals surface area contributed by atoms with Crippen LogP contribution in [0, 0.1) is 0 Å². The predicted octanol–water partition coefficient (Wildman–Crippen LogP) is 0.899. The van der Waals surface area contributed by atoms with Gasteiger partial charge in [0.25, 0.3) is 0 Å². The largest absolute Gasteiger partial charge is 0.419 e. The summed E-state index contributed by atoms with van der Waals surface area (Å²) in [5.74, 6) is 0. The van der Waals surface area contributed by atoms with Crippen molar-refractivity contribution in [2.24, 2.45) is 0 Å². The van der Waals surface area contributed by atoms with Crippen molar-refractivity contribution in [3.05, 3.63) is 22.5 Å². The third-order valence-corrected chi connectivity index (χ3v) is 6.18. The SMILES string of the molecule is CC[SiH2]OCC(O[SiH2]C=C(C)C)O[SiH2]C=C(C)C. The number of allylic oxidation sites excluding steroid dienone is 2. The van der Waals surface area contributed by atoms with E-state index in [0.717, 1.165) is 0 Å². The Labute approximate surface area is 119 Å². The van der Waals surface area contributed by atoms with E-state index < -0.39 is 19.5 Å². The summed E-state index contributed by atoms with van der Waals surface area (Å²) in [5, 5.41) is 0. The highest BCUT2D eigenvalue weighted by Crippen LogP contribution is 1.98. The number of rotatable bonds is 10. The van der Waals surface area contributed by atoms with Gasteiger partial charge in [0, 0.05) is 0 Å². The fourth-order valence-corrected chi connectivity index (χ4v) is 3.63. The van der Waals surface area contributed by atoms with Gasteiger partial charge in [-0.25, -0.2) is 0 Å². The molecule has 0 aliphatic carbocycles. The second kappa shape index (κ2) is 12.1. The van der Waals surface area contributed by atoms with Crippen LogP contribution in [0.4, 0.5) is 0 Å². The van der Waals surface area contributed by atoms with E-state index in [0.29, 0.717) is 6.61 Å². The number of hydrogen-bond donors (Lipinski definition) is 0. The van der Waals surface area contributed by atoms with Crippen LogP contribution in [0.3, 0.4) is 0 Å². The monoisotopic (exact) mass is 304 g/mol. The quantitative estimate of drug-likeness (QED) is 0.341. The van der Waals surface area contributed by atoms with Crippen molar-refractivity contribution in [2.75, 3.05) is 6.61 Å². The summed E-state index contributed by atoms with van der Waals surface area (Å²) in [4.78, 5) is 0. The average Bonchev–Trinajstić information content (AvgIpc) is 2.27. The first kappa shape index (κ1) is 18.0. The van der Waals surface area contributed by atoms with E-state index in [2.05, 4.69) is 46.0 Å². The van der Waals surface area contributed by atoms with Crippen LogP contribution in [0.5, 0.6) is 0 Å². The molecule has 0 amide bonds. The van der Waals surface area contributed by atoms with E-state index >= 15 is 0 Å². The Morgan fingerprint density at radius 3 is 1.89 bits per heavy atom. The van der Waals surface area contributed by atoms with E-state index in [1.54, 1.807) is 0 Å². The van der Waals surface area contributed by atoms with Gasteiger partial charge in [0.2, 0.25) is 0 Å². The molecule has 0 N–H and O–H groups in total. The molecule has 0 aliphatic rings. The van der Waals surface area contributed by atoms with Crippen molar-refractivity contribution in [1.82, 2.24) is 0 Å². The second-order valence-corrected chi connectivity index (χ2v) is 8.70. The van der Waals surface area contributed by atoms with Crippen LogP contribution in [-0.2, 0) is 13.3 Å². The molecular weight excluding hydrogens is 276 g/mol. The Morgan fingerprint density at radius 1 is 1.00 bits per heavy atom. The summed E-state index contributed by atoms with van der Waals surface area (Å²) in [6.45, 7) is 11.2. The molecule has 0 aliphatic heterocycles. The summed E-state index contributed by atoms with van der Waals surface area (Å²) in [5.41, 5.74) is 7.06. The highest BCUT2D eigenvalue weighted by atomic mass is 28.2. The minimum Gasteiger partial charge on any atom is -0.419 e. The predicted molar refractivity (Wildman–Crippen MR) is 86.9 cm³/mol. The molecule has 0 unspecified atom stereocenters. The maximum absolute atomic E-state index is 5.82. The lowest BCUT2D eigenvalue weighted by Crippen LogP contribution is -2.27. The first-order chi connectivity index (χ1) is 8.56. The Bertz CT molecular complexity index is 237. The zero-order valence-corrected chi connectivity index (χ0v) is 16.7.